The van der Waals surface area contributed by atoms with Gasteiger partial charge < -0.3 is 10.1 Å². The number of hydrogen-bond donors (Lipinski definition) is 1. The van der Waals surface area contributed by atoms with Crippen LogP contribution in [0, 0.1) is 5.92 Å². The molecule has 1 aliphatic heterocycles. The first-order valence-corrected chi connectivity index (χ1v) is 10.6. The van der Waals surface area contributed by atoms with Crippen LogP contribution in [0.3, 0.4) is 0 Å². The van der Waals surface area contributed by atoms with Gasteiger partial charge in [0.1, 0.15) is 5.75 Å². The second-order valence-electron chi connectivity index (χ2n) is 8.31. The quantitative estimate of drug-likeness (QED) is 0.560. The number of hydrogen-bond acceptors (Lipinski definition) is 2. The lowest BCUT2D eigenvalue weighted by atomic mass is 9.76. The number of ether oxygens (including phenoxy) is 1. The summed E-state index contributed by atoms with van der Waals surface area (Å²) in [5.74, 6) is 2.00. The van der Waals surface area contributed by atoms with Gasteiger partial charge in [-0.15, -0.1) is 0 Å². The first-order valence-electron chi connectivity index (χ1n) is 10.6. The summed E-state index contributed by atoms with van der Waals surface area (Å²) in [6.45, 7) is 2.75. The monoisotopic (exact) mass is 367 g/mol. The average molecular weight is 367 g/mol. The Kier molecular flexibility index (Phi) is 3.56. The number of nitrogens with one attached hydrogen (secondary N) is 1. The smallest absolute Gasteiger partial charge is 0.119 e. The van der Waals surface area contributed by atoms with Gasteiger partial charge in [-0.2, -0.15) is 0 Å². The lowest BCUT2D eigenvalue weighted by Gasteiger charge is -2.38. The summed E-state index contributed by atoms with van der Waals surface area (Å²) < 4.78 is 5.77. The molecule has 2 aliphatic carbocycles. The SMILES string of the molecule is CCOc1ccc2c(c1)[C@@H]1C=CC[C@@H]1[C@H](c1ccc3c4c(cccc14)CC3)N2. The van der Waals surface area contributed by atoms with Crippen LogP contribution in [0.25, 0.3) is 10.8 Å². The van der Waals surface area contributed by atoms with Gasteiger partial charge in [-0.1, -0.05) is 42.5 Å². The summed E-state index contributed by atoms with van der Waals surface area (Å²) in [6, 6.07) is 18.5. The van der Waals surface area contributed by atoms with Crippen LogP contribution in [0.4, 0.5) is 5.69 Å². The maximum absolute atomic E-state index is 5.77. The third kappa shape index (κ3) is 2.27. The Hall–Kier alpha value is -2.74. The van der Waals surface area contributed by atoms with E-state index in [2.05, 4.69) is 66.0 Å². The molecule has 140 valence electrons. The van der Waals surface area contributed by atoms with Crippen LogP contribution in [-0.4, -0.2) is 6.61 Å². The fraction of sp³-hybridized carbons (Fsp3) is 0.308. The van der Waals surface area contributed by atoms with E-state index in [1.165, 1.54) is 51.6 Å². The third-order valence-corrected chi connectivity index (χ3v) is 6.89. The summed E-state index contributed by atoms with van der Waals surface area (Å²) in [5, 5.41) is 6.87. The summed E-state index contributed by atoms with van der Waals surface area (Å²) in [4.78, 5) is 0. The average Bonchev–Trinajstić information content (AvgIpc) is 3.37. The van der Waals surface area contributed by atoms with Crippen molar-refractivity contribution >= 4 is 16.5 Å². The van der Waals surface area contributed by atoms with Crippen LogP contribution < -0.4 is 10.1 Å². The van der Waals surface area contributed by atoms with Crippen molar-refractivity contribution in [2.75, 3.05) is 11.9 Å². The van der Waals surface area contributed by atoms with E-state index in [0.717, 1.165) is 12.2 Å². The van der Waals surface area contributed by atoms with Gasteiger partial charge in [-0.05, 0) is 83.3 Å². The van der Waals surface area contributed by atoms with Crippen molar-refractivity contribution in [1.29, 1.82) is 0 Å². The molecule has 0 amide bonds. The van der Waals surface area contributed by atoms with Crippen LogP contribution in [0.15, 0.2) is 60.7 Å². The molecule has 0 aromatic heterocycles. The molecular formula is C26H25NO. The molecule has 28 heavy (non-hydrogen) atoms. The third-order valence-electron chi connectivity index (χ3n) is 6.89. The van der Waals surface area contributed by atoms with Crippen LogP contribution >= 0.6 is 0 Å². The molecule has 3 aliphatic rings. The number of aryl methyl sites for hydroxylation is 2. The number of rotatable bonds is 3. The molecule has 0 unspecified atom stereocenters. The minimum atomic E-state index is 0.343. The van der Waals surface area contributed by atoms with Gasteiger partial charge in [0.25, 0.3) is 0 Å². The maximum Gasteiger partial charge on any atom is 0.119 e. The van der Waals surface area contributed by atoms with Gasteiger partial charge >= 0.3 is 0 Å². The van der Waals surface area contributed by atoms with Crippen LogP contribution in [-0.2, 0) is 12.8 Å². The van der Waals surface area contributed by atoms with Gasteiger partial charge in [0.05, 0.1) is 12.6 Å². The predicted molar refractivity (Wildman–Crippen MR) is 115 cm³/mol. The predicted octanol–water partition coefficient (Wildman–Crippen LogP) is 6.16. The number of benzene rings is 3. The van der Waals surface area contributed by atoms with E-state index in [0.29, 0.717) is 24.5 Å². The highest BCUT2D eigenvalue weighted by Crippen LogP contribution is 2.51. The second-order valence-corrected chi connectivity index (χ2v) is 8.31. The molecule has 0 spiro atoms. The number of allylic oxidation sites excluding steroid dienone is 2. The first kappa shape index (κ1) is 16.2. The maximum atomic E-state index is 5.77. The van der Waals surface area contributed by atoms with E-state index in [1.54, 1.807) is 0 Å². The fourth-order valence-electron chi connectivity index (χ4n) is 5.68. The van der Waals surface area contributed by atoms with E-state index in [1.807, 2.05) is 6.92 Å². The minimum Gasteiger partial charge on any atom is -0.494 e. The fourth-order valence-corrected chi connectivity index (χ4v) is 5.68. The second kappa shape index (κ2) is 6.13. The molecule has 3 aromatic rings. The molecular weight excluding hydrogens is 342 g/mol. The van der Waals surface area contributed by atoms with Crippen molar-refractivity contribution in [2.45, 2.75) is 38.1 Å². The van der Waals surface area contributed by atoms with E-state index < -0.39 is 0 Å². The Morgan fingerprint density at radius 3 is 2.79 bits per heavy atom. The highest BCUT2D eigenvalue weighted by Gasteiger charge is 2.39. The van der Waals surface area contributed by atoms with E-state index in [9.17, 15) is 0 Å². The molecule has 3 atom stereocenters. The molecule has 0 bridgehead atoms. The molecule has 0 saturated heterocycles. The van der Waals surface area contributed by atoms with E-state index in [-0.39, 0.29) is 0 Å². The topological polar surface area (TPSA) is 21.3 Å². The lowest BCUT2D eigenvalue weighted by molar-refractivity contribution is 0.338. The van der Waals surface area contributed by atoms with Gasteiger partial charge in [0.15, 0.2) is 0 Å². The van der Waals surface area contributed by atoms with Crippen LogP contribution in [0.2, 0.25) is 0 Å². The molecule has 6 rings (SSSR count). The van der Waals surface area contributed by atoms with E-state index >= 15 is 0 Å². The molecule has 0 fully saturated rings. The number of anilines is 1. The molecule has 1 heterocycles. The van der Waals surface area contributed by atoms with Crippen LogP contribution in [0.5, 0.6) is 5.75 Å². The molecule has 0 radical (unpaired) electrons. The molecule has 0 saturated carbocycles. The van der Waals surface area contributed by atoms with Crippen molar-refractivity contribution in [3.8, 4) is 5.75 Å². The van der Waals surface area contributed by atoms with Gasteiger partial charge in [-0.25, -0.2) is 0 Å². The summed E-state index contributed by atoms with van der Waals surface area (Å²) >= 11 is 0. The first-order chi connectivity index (χ1) is 13.8. The standard InChI is InChI=1S/C26H25NO/c1-2-28-18-12-14-24-23(15-18)19-6-4-8-21(19)26(27-24)22-13-11-17-10-9-16-5-3-7-20(22)25(16)17/h3-7,11-15,19,21,26-27H,2,8-10H2,1H3/t19-,21+,26-/m1/s1. The minimum absolute atomic E-state index is 0.343. The highest BCUT2D eigenvalue weighted by molar-refractivity contribution is 5.94. The Labute approximate surface area is 166 Å². The van der Waals surface area contributed by atoms with Crippen molar-refractivity contribution in [3.63, 3.8) is 0 Å². The summed E-state index contributed by atoms with van der Waals surface area (Å²) in [6.07, 6.45) is 8.28. The largest absolute Gasteiger partial charge is 0.494 e. The van der Waals surface area contributed by atoms with Gasteiger partial charge in [0, 0.05) is 11.6 Å². The molecule has 1 N–H and O–H groups in total. The Morgan fingerprint density at radius 2 is 1.89 bits per heavy atom. The van der Waals surface area contributed by atoms with Crippen LogP contribution in [0.1, 0.15) is 47.6 Å². The molecule has 2 heteroatoms. The van der Waals surface area contributed by atoms with Crippen molar-refractivity contribution < 1.29 is 4.74 Å². The Balaban J connectivity index is 1.49. The van der Waals surface area contributed by atoms with Gasteiger partial charge in [-0.3, -0.25) is 0 Å². The highest BCUT2D eigenvalue weighted by atomic mass is 16.5. The zero-order valence-corrected chi connectivity index (χ0v) is 16.2. The van der Waals surface area contributed by atoms with Gasteiger partial charge in [0.2, 0.25) is 0 Å². The Bertz CT molecular complexity index is 1100. The van der Waals surface area contributed by atoms with Crippen molar-refractivity contribution in [2.24, 2.45) is 5.92 Å². The normalized spacial score (nSPS) is 24.1. The zero-order chi connectivity index (χ0) is 18.7. The molecule has 3 aromatic carbocycles. The van der Waals surface area contributed by atoms with E-state index in [4.69, 9.17) is 4.74 Å². The summed E-state index contributed by atoms with van der Waals surface area (Å²) in [5.41, 5.74) is 7.14. The van der Waals surface area contributed by atoms with Crippen molar-refractivity contribution in [1.82, 2.24) is 0 Å². The number of fused-ring (bicyclic) bond motifs is 3. The molecule has 2 nitrogen and oxygen atoms in total. The van der Waals surface area contributed by atoms with Crippen molar-refractivity contribution in [3.05, 3.63) is 82.9 Å². The summed E-state index contributed by atoms with van der Waals surface area (Å²) in [7, 11) is 0. The Morgan fingerprint density at radius 1 is 1.00 bits per heavy atom. The zero-order valence-electron chi connectivity index (χ0n) is 16.2. The lowest BCUT2D eigenvalue weighted by Crippen LogP contribution is -2.29.